The van der Waals surface area contributed by atoms with Gasteiger partial charge in [0.1, 0.15) is 18.4 Å². The first kappa shape index (κ1) is 30.4. The number of nitrogens with zero attached hydrogens (tertiary/aromatic N) is 2. The van der Waals surface area contributed by atoms with E-state index < -0.39 is 41.4 Å². The van der Waals surface area contributed by atoms with E-state index in [0.29, 0.717) is 18.7 Å². The van der Waals surface area contributed by atoms with Crippen molar-refractivity contribution in [2.24, 2.45) is 0 Å². The molecule has 2 aromatic rings. The van der Waals surface area contributed by atoms with Gasteiger partial charge >= 0.3 is 0 Å². The molecule has 0 aromatic heterocycles. The van der Waals surface area contributed by atoms with Gasteiger partial charge in [0.25, 0.3) is 17.7 Å². The summed E-state index contributed by atoms with van der Waals surface area (Å²) in [4.78, 5) is 77.7. The van der Waals surface area contributed by atoms with Crippen molar-refractivity contribution < 1.29 is 42.6 Å². The summed E-state index contributed by atoms with van der Waals surface area (Å²) in [7, 11) is 1.38. The number of hydrogen-bond acceptors (Lipinski definition) is 10. The summed E-state index contributed by atoms with van der Waals surface area (Å²) in [5.74, 6) is -3.94. The van der Waals surface area contributed by atoms with Crippen LogP contribution < -0.4 is 26.4 Å². The number of carbonyl (C=O) groups is 6. The predicted octanol–water partition coefficient (Wildman–Crippen LogP) is 0.277. The molecule has 0 spiro atoms. The van der Waals surface area contributed by atoms with Crippen molar-refractivity contribution in [3.63, 3.8) is 0 Å². The number of hydrogen-bond donors (Lipinski definition) is 4. The quantitative estimate of drug-likeness (QED) is 0.165. The van der Waals surface area contributed by atoms with Crippen LogP contribution in [0, 0.1) is 5.82 Å². The van der Waals surface area contributed by atoms with Crippen molar-refractivity contribution in [1.82, 2.24) is 20.4 Å². The van der Waals surface area contributed by atoms with Crippen molar-refractivity contribution >= 4 is 46.8 Å². The number of imide groups is 2. The van der Waals surface area contributed by atoms with Crippen molar-refractivity contribution in [2.45, 2.75) is 31.3 Å². The van der Waals surface area contributed by atoms with Crippen LogP contribution in [0.1, 0.15) is 50.3 Å². The Bertz CT molecular complexity index is 1550. The number of nitrogens with one attached hydrogen (secondary N) is 3. The summed E-state index contributed by atoms with van der Waals surface area (Å²) in [5, 5.41) is 7.93. The molecule has 2 fully saturated rings. The molecule has 15 heteroatoms. The zero-order chi connectivity index (χ0) is 31.5. The van der Waals surface area contributed by atoms with E-state index in [0.717, 1.165) is 4.90 Å². The van der Waals surface area contributed by atoms with Gasteiger partial charge in [-0.3, -0.25) is 39.0 Å². The molecule has 2 atom stereocenters. The van der Waals surface area contributed by atoms with Gasteiger partial charge in [-0.1, -0.05) is 6.07 Å². The van der Waals surface area contributed by atoms with Crippen LogP contribution in [0.5, 0.6) is 5.75 Å². The second-order valence-corrected chi connectivity index (χ2v) is 10.5. The normalized spacial score (nSPS) is 19.6. The highest BCUT2D eigenvalue weighted by Gasteiger charge is 2.45. The lowest BCUT2D eigenvalue weighted by atomic mass is 10.0. The second kappa shape index (κ2) is 12.7. The molecule has 5 rings (SSSR count). The van der Waals surface area contributed by atoms with Crippen LogP contribution in [0.2, 0.25) is 0 Å². The Hall–Kier alpha value is -5.05. The number of nitrogen functional groups attached to an aromatic ring is 1. The van der Waals surface area contributed by atoms with E-state index in [-0.39, 0.29) is 79.2 Å². The summed E-state index contributed by atoms with van der Waals surface area (Å²) in [6, 6.07) is 5.80. The average molecular weight is 611 g/mol. The molecule has 1 unspecified atom stereocenters. The second-order valence-electron chi connectivity index (χ2n) is 10.5. The number of likely N-dealkylation sites (tertiary alicyclic amines) is 1. The van der Waals surface area contributed by atoms with Gasteiger partial charge in [0.05, 0.1) is 36.1 Å². The Morgan fingerprint density at radius 2 is 1.93 bits per heavy atom. The highest BCUT2D eigenvalue weighted by molar-refractivity contribution is 6.25. The fourth-order valence-electron chi connectivity index (χ4n) is 5.44. The number of benzene rings is 2. The minimum atomic E-state index is -1.07. The molecular formula is C29H31FN6O8. The van der Waals surface area contributed by atoms with Gasteiger partial charge in [-0.15, -0.1) is 0 Å². The summed E-state index contributed by atoms with van der Waals surface area (Å²) in [6.45, 7) is 0.681. The maximum atomic E-state index is 14.4. The molecule has 0 radical (unpaired) electrons. The summed E-state index contributed by atoms with van der Waals surface area (Å²) < 4.78 is 25.0. The Morgan fingerprint density at radius 1 is 1.14 bits per heavy atom. The number of rotatable bonds is 10. The van der Waals surface area contributed by atoms with Crippen LogP contribution >= 0.6 is 0 Å². The largest absolute Gasteiger partial charge is 0.497 e. The maximum Gasteiger partial charge on any atom is 0.264 e. The van der Waals surface area contributed by atoms with Gasteiger partial charge < -0.3 is 30.7 Å². The molecule has 0 saturated carbocycles. The average Bonchev–Trinajstić information content (AvgIpc) is 3.56. The molecule has 3 aliphatic heterocycles. The molecule has 44 heavy (non-hydrogen) atoms. The van der Waals surface area contributed by atoms with E-state index in [1.54, 1.807) is 12.1 Å². The third-order valence-electron chi connectivity index (χ3n) is 7.69. The molecule has 0 bridgehead atoms. The molecule has 2 saturated heterocycles. The van der Waals surface area contributed by atoms with Gasteiger partial charge in [-0.2, -0.15) is 0 Å². The predicted molar refractivity (Wildman–Crippen MR) is 152 cm³/mol. The lowest BCUT2D eigenvalue weighted by Gasteiger charge is -2.27. The van der Waals surface area contributed by atoms with E-state index >= 15 is 0 Å². The maximum absolute atomic E-state index is 14.4. The van der Waals surface area contributed by atoms with Crippen LogP contribution in [-0.4, -0.2) is 97.3 Å². The molecule has 3 aliphatic rings. The molecule has 2 aromatic carbocycles. The van der Waals surface area contributed by atoms with Gasteiger partial charge in [-0.25, -0.2) is 4.39 Å². The minimum Gasteiger partial charge on any atom is -0.497 e. The Kier molecular flexibility index (Phi) is 8.76. The van der Waals surface area contributed by atoms with Crippen LogP contribution in [0.4, 0.5) is 15.8 Å². The van der Waals surface area contributed by atoms with Crippen LogP contribution in [0.15, 0.2) is 30.3 Å². The first-order chi connectivity index (χ1) is 21.1. The number of ether oxygens (including phenoxy) is 2. The Labute approximate surface area is 251 Å². The number of anilines is 2. The van der Waals surface area contributed by atoms with Gasteiger partial charge in [0.2, 0.25) is 17.7 Å². The van der Waals surface area contributed by atoms with E-state index in [1.807, 2.05) is 0 Å². The first-order valence-corrected chi connectivity index (χ1v) is 14.0. The molecular weight excluding hydrogens is 579 g/mol. The zero-order valence-corrected chi connectivity index (χ0v) is 23.8. The van der Waals surface area contributed by atoms with Gasteiger partial charge in [0.15, 0.2) is 5.82 Å². The first-order valence-electron chi connectivity index (χ1n) is 14.0. The zero-order valence-electron chi connectivity index (χ0n) is 23.8. The highest BCUT2D eigenvalue weighted by Crippen LogP contribution is 2.32. The molecule has 0 aliphatic carbocycles. The summed E-state index contributed by atoms with van der Waals surface area (Å²) >= 11 is 0. The minimum absolute atomic E-state index is 0.0244. The molecule has 232 valence electrons. The van der Waals surface area contributed by atoms with E-state index in [2.05, 4.69) is 16.0 Å². The van der Waals surface area contributed by atoms with Crippen molar-refractivity contribution in [3.05, 3.63) is 52.8 Å². The van der Waals surface area contributed by atoms with Gasteiger partial charge in [0, 0.05) is 43.9 Å². The topological polar surface area (TPSA) is 189 Å². The summed E-state index contributed by atoms with van der Waals surface area (Å²) in [6.07, 6.45) is 0.555. The third-order valence-corrected chi connectivity index (χ3v) is 7.69. The molecule has 5 N–H and O–H groups in total. The Morgan fingerprint density at radius 3 is 2.68 bits per heavy atom. The number of nitrogens with two attached hydrogens (primary N) is 1. The highest BCUT2D eigenvalue weighted by atomic mass is 19.1. The fraction of sp³-hybridized carbons (Fsp3) is 0.379. The number of fused-ring (bicyclic) bond motifs is 1. The molecule has 3 heterocycles. The van der Waals surface area contributed by atoms with E-state index in [4.69, 9.17) is 15.2 Å². The molecule has 6 amide bonds. The SMILES string of the molecule is COc1cc(N)c(F)c(C(=O)N[C@H]2CCN(C(=O)COCCNc3cccc4c3C(=O)N(C3CCC(=O)NC3=O)C4=O)C2)c1. The third kappa shape index (κ3) is 6.04. The van der Waals surface area contributed by atoms with Crippen molar-refractivity contribution in [3.8, 4) is 5.75 Å². The fourth-order valence-corrected chi connectivity index (χ4v) is 5.44. The Balaban J connectivity index is 1.08. The number of piperidine rings is 1. The van der Waals surface area contributed by atoms with Crippen LogP contribution in [0.25, 0.3) is 0 Å². The number of halogens is 1. The van der Waals surface area contributed by atoms with E-state index in [9.17, 15) is 33.2 Å². The summed E-state index contributed by atoms with van der Waals surface area (Å²) in [5.41, 5.74) is 5.81. The van der Waals surface area contributed by atoms with Crippen molar-refractivity contribution in [2.75, 3.05) is 51.0 Å². The van der Waals surface area contributed by atoms with Gasteiger partial charge in [-0.05, 0) is 31.0 Å². The monoisotopic (exact) mass is 610 g/mol. The lowest BCUT2D eigenvalue weighted by molar-refractivity contribution is -0.136. The molecule has 14 nitrogen and oxygen atoms in total. The number of methoxy groups -OCH3 is 1. The number of amides is 6. The van der Waals surface area contributed by atoms with Crippen LogP contribution in [-0.2, 0) is 19.1 Å². The van der Waals surface area contributed by atoms with E-state index in [1.165, 1.54) is 30.2 Å². The standard InChI is InChI=1S/C29H31FN6O8/c1-43-16-11-18(25(30)19(31)12-16)26(39)33-15-7-9-35(13-15)23(38)14-44-10-8-32-20-4-2-3-17-24(20)29(42)36(28(17)41)21-5-6-22(37)34-27(21)40/h2-4,11-12,15,21,32H,5-10,13-14,31H2,1H3,(H,33,39)(H,34,37,40)/t15-,21?/m0/s1. The van der Waals surface area contributed by atoms with Crippen LogP contribution in [0.3, 0.4) is 0 Å². The number of carbonyl (C=O) groups excluding carboxylic acids is 6. The van der Waals surface area contributed by atoms with Crippen molar-refractivity contribution in [1.29, 1.82) is 0 Å². The lowest BCUT2D eigenvalue weighted by Crippen LogP contribution is -2.54. The smallest absolute Gasteiger partial charge is 0.264 e.